The maximum absolute atomic E-state index is 11.3. The molecule has 2 aromatic carbocycles. The lowest BCUT2D eigenvalue weighted by Crippen LogP contribution is -2.46. The van der Waals surface area contributed by atoms with E-state index < -0.39 is 5.91 Å². The number of carbonyl (C=O) groups excluding carboxylic acids is 1. The minimum atomic E-state index is -0.546. The van der Waals surface area contributed by atoms with Crippen molar-refractivity contribution >= 4 is 28.1 Å². The first-order valence-corrected chi connectivity index (χ1v) is 11.0. The van der Waals surface area contributed by atoms with E-state index in [1.165, 1.54) is 0 Å². The third-order valence-corrected chi connectivity index (χ3v) is 6.08. The summed E-state index contributed by atoms with van der Waals surface area (Å²) in [4.78, 5) is 16.2. The molecule has 0 unspecified atom stereocenters. The molecule has 0 aliphatic carbocycles. The van der Waals surface area contributed by atoms with E-state index >= 15 is 0 Å². The van der Waals surface area contributed by atoms with E-state index in [-0.39, 0.29) is 5.76 Å². The van der Waals surface area contributed by atoms with Crippen molar-refractivity contribution in [3.05, 3.63) is 72.0 Å². The van der Waals surface area contributed by atoms with Crippen LogP contribution in [0.2, 0.25) is 0 Å². The van der Waals surface area contributed by atoms with Crippen molar-refractivity contribution in [1.29, 1.82) is 5.26 Å². The van der Waals surface area contributed by atoms with E-state index in [4.69, 9.17) is 15.4 Å². The van der Waals surface area contributed by atoms with E-state index in [1.807, 2.05) is 36.4 Å². The van der Waals surface area contributed by atoms with E-state index in [9.17, 15) is 4.79 Å². The van der Waals surface area contributed by atoms with Gasteiger partial charge in [0.05, 0.1) is 11.6 Å². The molecular formula is C26H28N4O2. The Morgan fingerprint density at radius 3 is 2.66 bits per heavy atom. The first kappa shape index (κ1) is 21.7. The van der Waals surface area contributed by atoms with Crippen LogP contribution >= 0.6 is 0 Å². The molecule has 1 aromatic heterocycles. The van der Waals surface area contributed by atoms with Crippen molar-refractivity contribution < 1.29 is 9.21 Å². The Hall–Kier alpha value is -3.56. The van der Waals surface area contributed by atoms with Crippen molar-refractivity contribution in [2.45, 2.75) is 19.3 Å². The van der Waals surface area contributed by atoms with Gasteiger partial charge in [-0.1, -0.05) is 18.7 Å². The van der Waals surface area contributed by atoms with Gasteiger partial charge in [-0.05, 0) is 73.3 Å². The van der Waals surface area contributed by atoms with E-state index in [2.05, 4.69) is 28.5 Å². The molecule has 1 aliphatic rings. The molecule has 164 valence electrons. The minimum absolute atomic E-state index is 0.197. The van der Waals surface area contributed by atoms with Crippen LogP contribution in [0.4, 0.5) is 5.69 Å². The summed E-state index contributed by atoms with van der Waals surface area (Å²) in [5.41, 5.74) is 9.99. The molecule has 0 bridgehead atoms. The lowest BCUT2D eigenvalue weighted by Gasteiger charge is -2.36. The van der Waals surface area contributed by atoms with Crippen LogP contribution in [0.3, 0.4) is 0 Å². The summed E-state index contributed by atoms with van der Waals surface area (Å²) in [7, 11) is 0. The second-order valence-electron chi connectivity index (χ2n) is 8.28. The van der Waals surface area contributed by atoms with Gasteiger partial charge in [-0.2, -0.15) is 5.26 Å². The molecule has 6 nitrogen and oxygen atoms in total. The van der Waals surface area contributed by atoms with Crippen LogP contribution in [-0.2, 0) is 0 Å². The summed E-state index contributed by atoms with van der Waals surface area (Å²) in [6.45, 7) is 9.29. The minimum Gasteiger partial charge on any atom is -0.451 e. The number of rotatable bonds is 8. The average molecular weight is 429 g/mol. The predicted molar refractivity (Wildman–Crippen MR) is 127 cm³/mol. The Labute approximate surface area is 188 Å². The molecule has 1 fully saturated rings. The van der Waals surface area contributed by atoms with Gasteiger partial charge in [-0.25, -0.2) is 0 Å². The van der Waals surface area contributed by atoms with Gasteiger partial charge in [0.2, 0.25) is 0 Å². The van der Waals surface area contributed by atoms with Crippen LogP contribution in [0, 0.1) is 11.3 Å². The van der Waals surface area contributed by atoms with Crippen LogP contribution in [0.1, 0.15) is 40.9 Å². The smallest absolute Gasteiger partial charge is 0.284 e. The molecule has 6 heteroatoms. The molecule has 4 rings (SSSR count). The van der Waals surface area contributed by atoms with E-state index in [1.54, 1.807) is 6.07 Å². The van der Waals surface area contributed by atoms with Gasteiger partial charge in [-0.15, -0.1) is 0 Å². The summed E-state index contributed by atoms with van der Waals surface area (Å²) in [5.74, 6) is -0.349. The zero-order chi connectivity index (χ0) is 22.5. The van der Waals surface area contributed by atoms with Gasteiger partial charge < -0.3 is 15.1 Å². The van der Waals surface area contributed by atoms with E-state index in [0.717, 1.165) is 74.2 Å². The van der Waals surface area contributed by atoms with Gasteiger partial charge >= 0.3 is 0 Å². The lowest BCUT2D eigenvalue weighted by molar-refractivity contribution is 0.0976. The zero-order valence-corrected chi connectivity index (χ0v) is 18.2. The maximum atomic E-state index is 11.3. The number of hydrogen-bond donors (Lipinski definition) is 1. The maximum Gasteiger partial charge on any atom is 0.284 e. The number of piperazine rings is 1. The van der Waals surface area contributed by atoms with Crippen LogP contribution < -0.4 is 10.6 Å². The highest BCUT2D eigenvalue weighted by molar-refractivity contribution is 5.95. The lowest BCUT2D eigenvalue weighted by atomic mass is 10.00. The first-order chi connectivity index (χ1) is 15.5. The number of benzene rings is 2. The summed E-state index contributed by atoms with van der Waals surface area (Å²) in [6, 6.07) is 17.6. The number of primary amides is 1. The zero-order valence-electron chi connectivity index (χ0n) is 18.2. The molecule has 0 radical (unpaired) electrons. The largest absolute Gasteiger partial charge is 0.451 e. The van der Waals surface area contributed by atoms with Crippen molar-refractivity contribution in [2.24, 2.45) is 5.73 Å². The highest BCUT2D eigenvalue weighted by Gasteiger charge is 2.18. The fourth-order valence-corrected chi connectivity index (χ4v) is 4.21. The second kappa shape index (κ2) is 9.71. The third-order valence-electron chi connectivity index (χ3n) is 6.08. The van der Waals surface area contributed by atoms with Crippen LogP contribution in [0.15, 0.2) is 59.5 Å². The van der Waals surface area contributed by atoms with Crippen molar-refractivity contribution in [3.8, 4) is 6.07 Å². The van der Waals surface area contributed by atoms with E-state index in [0.29, 0.717) is 11.1 Å². The van der Waals surface area contributed by atoms with Gasteiger partial charge in [0.25, 0.3) is 5.91 Å². The monoisotopic (exact) mass is 428 g/mol. The van der Waals surface area contributed by atoms with Gasteiger partial charge in [0.15, 0.2) is 5.76 Å². The SMILES string of the molecule is C=C(CCCCN1CCN(c2ccc3oc(C(N)=O)cc3c2)CC1)c1cccc(C#N)c1. The standard InChI is InChI=1S/C26H28N4O2/c1-19(21-7-4-6-20(15-21)18-27)5-2-3-10-29-11-13-30(14-12-29)23-8-9-24-22(16-23)17-25(32-24)26(28)31/h4,6-9,15-17H,1-3,5,10-14H2,(H2,28,31). The Morgan fingerprint density at radius 2 is 1.91 bits per heavy atom. The summed E-state index contributed by atoms with van der Waals surface area (Å²) in [5, 5.41) is 9.95. The highest BCUT2D eigenvalue weighted by atomic mass is 16.3. The number of allylic oxidation sites excluding steroid dienone is 1. The molecular weight excluding hydrogens is 400 g/mol. The number of nitrogens with two attached hydrogens (primary N) is 1. The number of carbonyl (C=O) groups is 1. The fraction of sp³-hybridized carbons (Fsp3) is 0.308. The molecule has 1 amide bonds. The first-order valence-electron chi connectivity index (χ1n) is 11.0. The molecule has 1 saturated heterocycles. The molecule has 0 saturated carbocycles. The molecule has 0 spiro atoms. The number of nitriles is 1. The number of unbranched alkanes of at least 4 members (excludes halogenated alkanes) is 1. The average Bonchev–Trinajstić information content (AvgIpc) is 3.26. The number of nitrogens with zero attached hydrogens (tertiary/aromatic N) is 3. The highest BCUT2D eigenvalue weighted by Crippen LogP contribution is 2.26. The quantitative estimate of drug-likeness (QED) is 0.537. The number of anilines is 1. The topological polar surface area (TPSA) is 86.5 Å². The molecule has 2 N–H and O–H groups in total. The number of amides is 1. The normalized spacial score (nSPS) is 14.4. The summed E-state index contributed by atoms with van der Waals surface area (Å²) < 4.78 is 5.48. The summed E-state index contributed by atoms with van der Waals surface area (Å²) in [6.07, 6.45) is 3.18. The Kier molecular flexibility index (Phi) is 6.58. The van der Waals surface area contributed by atoms with Gasteiger partial charge in [0.1, 0.15) is 5.58 Å². The van der Waals surface area contributed by atoms with Crippen molar-refractivity contribution in [1.82, 2.24) is 4.90 Å². The van der Waals surface area contributed by atoms with Crippen LogP contribution in [-0.4, -0.2) is 43.5 Å². The predicted octanol–water partition coefficient (Wildman–Crippen LogP) is 4.41. The van der Waals surface area contributed by atoms with Gasteiger partial charge in [-0.3, -0.25) is 9.69 Å². The van der Waals surface area contributed by atoms with Crippen molar-refractivity contribution in [3.63, 3.8) is 0 Å². The van der Waals surface area contributed by atoms with Crippen LogP contribution in [0.25, 0.3) is 16.5 Å². The summed E-state index contributed by atoms with van der Waals surface area (Å²) >= 11 is 0. The molecule has 32 heavy (non-hydrogen) atoms. The Balaban J connectivity index is 1.22. The molecule has 3 aromatic rings. The number of fused-ring (bicyclic) bond motifs is 1. The molecule has 0 atom stereocenters. The van der Waals surface area contributed by atoms with Crippen LogP contribution in [0.5, 0.6) is 0 Å². The number of furan rings is 1. The van der Waals surface area contributed by atoms with Crippen molar-refractivity contribution in [2.75, 3.05) is 37.6 Å². The number of hydrogen-bond acceptors (Lipinski definition) is 5. The molecule has 2 heterocycles. The third kappa shape index (κ3) is 5.01. The Bertz CT molecular complexity index is 1170. The Morgan fingerprint density at radius 1 is 1.09 bits per heavy atom. The second-order valence-corrected chi connectivity index (χ2v) is 8.28. The fourth-order valence-electron chi connectivity index (χ4n) is 4.21. The van der Waals surface area contributed by atoms with Gasteiger partial charge in [0, 0.05) is 37.3 Å². The molecule has 1 aliphatic heterocycles.